The maximum Gasteiger partial charge on any atom is 0.256 e. The zero-order valence-electron chi connectivity index (χ0n) is 15.7. The number of hydrogen-bond acceptors (Lipinski definition) is 4. The van der Waals surface area contributed by atoms with Gasteiger partial charge in [-0.15, -0.1) is 0 Å². The molecule has 0 aliphatic carbocycles. The summed E-state index contributed by atoms with van der Waals surface area (Å²) in [6.07, 6.45) is 7.13. The zero-order valence-corrected chi connectivity index (χ0v) is 15.7. The predicted molar refractivity (Wildman–Crippen MR) is 102 cm³/mol. The van der Waals surface area contributed by atoms with Crippen LogP contribution in [0.3, 0.4) is 0 Å². The lowest BCUT2D eigenvalue weighted by Crippen LogP contribution is -2.27. The summed E-state index contributed by atoms with van der Waals surface area (Å²) in [5.74, 6) is 0.478. The Morgan fingerprint density at radius 3 is 2.20 bits per heavy atom. The lowest BCUT2D eigenvalue weighted by Gasteiger charge is -2.17. The van der Waals surface area contributed by atoms with Gasteiger partial charge in [0.1, 0.15) is 0 Å². The minimum Gasteiger partial charge on any atom is -0.342 e. The third kappa shape index (κ3) is 4.78. The summed E-state index contributed by atoms with van der Waals surface area (Å²) < 4.78 is 0. The first-order chi connectivity index (χ1) is 12.1. The van der Waals surface area contributed by atoms with Crippen LogP contribution < -0.4 is 5.32 Å². The van der Waals surface area contributed by atoms with Crippen molar-refractivity contribution in [2.45, 2.75) is 46.5 Å². The van der Waals surface area contributed by atoms with Gasteiger partial charge in [-0.2, -0.15) is 0 Å². The number of carbonyl (C=O) groups excluding carboxylic acids is 1. The van der Waals surface area contributed by atoms with Crippen LogP contribution in [-0.4, -0.2) is 34.4 Å². The van der Waals surface area contributed by atoms with Crippen molar-refractivity contribution in [2.75, 3.05) is 18.9 Å². The van der Waals surface area contributed by atoms with Gasteiger partial charge in [0, 0.05) is 31.7 Å². The summed E-state index contributed by atoms with van der Waals surface area (Å²) in [4.78, 5) is 22.7. The van der Waals surface area contributed by atoms with Gasteiger partial charge >= 0.3 is 0 Å². The number of hydrogen-bond donors (Lipinski definition) is 1. The number of amides is 1. The van der Waals surface area contributed by atoms with Crippen molar-refractivity contribution in [3.05, 3.63) is 47.3 Å². The average Bonchev–Trinajstić information content (AvgIpc) is 2.66. The lowest BCUT2D eigenvalue weighted by atomic mass is 10.0. The van der Waals surface area contributed by atoms with Crippen molar-refractivity contribution < 1.29 is 4.79 Å². The Labute approximate surface area is 150 Å². The largest absolute Gasteiger partial charge is 0.342 e. The molecule has 0 unspecified atom stereocenters. The first-order valence-electron chi connectivity index (χ1n) is 9.05. The molecule has 2 rings (SSSR count). The van der Waals surface area contributed by atoms with Crippen LogP contribution in [0.1, 0.15) is 55.1 Å². The molecule has 1 N–H and O–H groups in total. The first kappa shape index (κ1) is 18.9. The van der Waals surface area contributed by atoms with Gasteiger partial charge in [0.05, 0.1) is 5.56 Å². The molecule has 2 aromatic rings. The molecule has 0 saturated heterocycles. The molecule has 0 spiro atoms. The van der Waals surface area contributed by atoms with Crippen molar-refractivity contribution >= 4 is 17.5 Å². The Morgan fingerprint density at radius 2 is 1.68 bits per heavy atom. The van der Waals surface area contributed by atoms with Crippen LogP contribution in [0.2, 0.25) is 0 Å². The number of benzene rings is 1. The van der Waals surface area contributed by atoms with Gasteiger partial charge in [0.15, 0.2) is 0 Å². The molecule has 0 aliphatic heterocycles. The summed E-state index contributed by atoms with van der Waals surface area (Å²) in [7, 11) is 1.81. The molecule has 134 valence electrons. The predicted octanol–water partition coefficient (Wildman–Crippen LogP) is 4.22. The van der Waals surface area contributed by atoms with E-state index in [1.165, 1.54) is 11.1 Å². The van der Waals surface area contributed by atoms with E-state index in [1.807, 2.05) is 7.05 Å². The summed E-state index contributed by atoms with van der Waals surface area (Å²) >= 11 is 0. The first-order valence-corrected chi connectivity index (χ1v) is 9.05. The Hall–Kier alpha value is -2.43. The Bertz CT molecular complexity index is 675. The van der Waals surface area contributed by atoms with Gasteiger partial charge < -0.3 is 10.2 Å². The van der Waals surface area contributed by atoms with Crippen LogP contribution in [0.4, 0.5) is 11.6 Å². The van der Waals surface area contributed by atoms with Gasteiger partial charge in [-0.25, -0.2) is 9.97 Å². The quantitative estimate of drug-likeness (QED) is 0.782. The molecule has 0 atom stereocenters. The van der Waals surface area contributed by atoms with E-state index in [-0.39, 0.29) is 5.91 Å². The fraction of sp³-hybridized carbons (Fsp3) is 0.450. The molecule has 1 heterocycles. The topological polar surface area (TPSA) is 58.1 Å². The van der Waals surface area contributed by atoms with Gasteiger partial charge in [-0.05, 0) is 30.4 Å². The van der Waals surface area contributed by atoms with Crippen molar-refractivity contribution in [1.82, 2.24) is 14.9 Å². The number of carbonyl (C=O) groups is 1. The Balaban J connectivity index is 2.15. The summed E-state index contributed by atoms with van der Waals surface area (Å²) in [5.41, 5.74) is 4.07. The fourth-order valence-electron chi connectivity index (χ4n) is 2.74. The molecule has 1 aromatic heterocycles. The van der Waals surface area contributed by atoms with E-state index in [1.54, 1.807) is 17.3 Å². The molecule has 0 bridgehead atoms. The van der Waals surface area contributed by atoms with Crippen LogP contribution in [0.5, 0.6) is 0 Å². The normalized spacial score (nSPS) is 10.6. The number of para-hydroxylation sites is 1. The summed E-state index contributed by atoms with van der Waals surface area (Å²) in [6, 6.07) is 6.31. The zero-order chi connectivity index (χ0) is 18.2. The van der Waals surface area contributed by atoms with Gasteiger partial charge in [0.25, 0.3) is 5.91 Å². The second-order valence-corrected chi connectivity index (χ2v) is 6.16. The second kappa shape index (κ2) is 9.16. The van der Waals surface area contributed by atoms with E-state index in [0.717, 1.165) is 37.9 Å². The Morgan fingerprint density at radius 1 is 1.08 bits per heavy atom. The Kier molecular flexibility index (Phi) is 6.92. The van der Waals surface area contributed by atoms with Crippen LogP contribution in [0.25, 0.3) is 0 Å². The van der Waals surface area contributed by atoms with E-state index in [4.69, 9.17) is 0 Å². The molecule has 0 saturated carbocycles. The fourth-order valence-corrected chi connectivity index (χ4v) is 2.74. The highest BCUT2D eigenvalue weighted by atomic mass is 16.2. The van der Waals surface area contributed by atoms with Crippen molar-refractivity contribution in [3.63, 3.8) is 0 Å². The molecule has 5 nitrogen and oxygen atoms in total. The number of unbranched alkanes of at least 4 members (excludes halogenated alkanes) is 1. The standard InChI is InChI=1S/C20H28N4O/c1-5-8-12-24(4)19(25)17-13-21-20(22-14-17)23-18-15(6-2)10-9-11-16(18)7-3/h9-11,13-14H,5-8,12H2,1-4H3,(H,21,22,23). The van der Waals surface area contributed by atoms with Crippen LogP contribution in [-0.2, 0) is 12.8 Å². The minimum absolute atomic E-state index is 0.0387. The third-order valence-electron chi connectivity index (χ3n) is 4.33. The van der Waals surface area contributed by atoms with E-state index < -0.39 is 0 Å². The molecular formula is C20H28N4O. The smallest absolute Gasteiger partial charge is 0.256 e. The third-order valence-corrected chi connectivity index (χ3v) is 4.33. The highest BCUT2D eigenvalue weighted by molar-refractivity contribution is 5.93. The van der Waals surface area contributed by atoms with Crippen LogP contribution >= 0.6 is 0 Å². The highest BCUT2D eigenvalue weighted by Crippen LogP contribution is 2.25. The average molecular weight is 340 g/mol. The van der Waals surface area contributed by atoms with E-state index in [0.29, 0.717) is 11.5 Å². The number of aromatic nitrogens is 2. The maximum absolute atomic E-state index is 12.3. The molecule has 1 amide bonds. The lowest BCUT2D eigenvalue weighted by molar-refractivity contribution is 0.0792. The molecule has 0 aliphatic rings. The minimum atomic E-state index is -0.0387. The van der Waals surface area contributed by atoms with Gasteiger partial charge in [0.2, 0.25) is 5.95 Å². The second-order valence-electron chi connectivity index (χ2n) is 6.16. The number of nitrogens with one attached hydrogen (secondary N) is 1. The molecule has 5 heteroatoms. The van der Waals surface area contributed by atoms with Crippen LogP contribution in [0, 0.1) is 0 Å². The molecule has 0 radical (unpaired) electrons. The van der Waals surface area contributed by atoms with Crippen molar-refractivity contribution in [2.24, 2.45) is 0 Å². The van der Waals surface area contributed by atoms with E-state index in [2.05, 4.69) is 54.3 Å². The van der Waals surface area contributed by atoms with Gasteiger partial charge in [-0.1, -0.05) is 45.4 Å². The maximum atomic E-state index is 12.3. The molecule has 25 heavy (non-hydrogen) atoms. The van der Waals surface area contributed by atoms with Crippen molar-refractivity contribution in [1.29, 1.82) is 0 Å². The SMILES string of the molecule is CCCCN(C)C(=O)c1cnc(Nc2c(CC)cccc2CC)nc1. The number of nitrogens with zero attached hydrogens (tertiary/aromatic N) is 3. The van der Waals surface area contributed by atoms with Crippen molar-refractivity contribution in [3.8, 4) is 0 Å². The summed E-state index contributed by atoms with van der Waals surface area (Å²) in [6.45, 7) is 7.13. The summed E-state index contributed by atoms with van der Waals surface area (Å²) in [5, 5.41) is 3.33. The van der Waals surface area contributed by atoms with E-state index in [9.17, 15) is 4.79 Å². The van der Waals surface area contributed by atoms with Crippen LogP contribution in [0.15, 0.2) is 30.6 Å². The number of anilines is 2. The van der Waals surface area contributed by atoms with E-state index >= 15 is 0 Å². The molecular weight excluding hydrogens is 312 g/mol. The monoisotopic (exact) mass is 340 g/mol. The molecule has 0 fully saturated rings. The molecule has 1 aromatic carbocycles. The number of rotatable bonds is 8. The van der Waals surface area contributed by atoms with Gasteiger partial charge in [-0.3, -0.25) is 4.79 Å². The highest BCUT2D eigenvalue weighted by Gasteiger charge is 2.13. The number of aryl methyl sites for hydroxylation is 2.